The molecule has 0 unspecified atom stereocenters. The lowest BCUT2D eigenvalue weighted by molar-refractivity contribution is -0.271. The molecule has 5 aliphatic rings. The zero-order valence-corrected chi connectivity index (χ0v) is 20.7. The van der Waals surface area contributed by atoms with Gasteiger partial charge in [-0.15, -0.1) is 0 Å². The zero-order valence-electron chi connectivity index (χ0n) is 20.7. The van der Waals surface area contributed by atoms with Gasteiger partial charge < -0.3 is 14.2 Å². The largest absolute Gasteiger partial charge is 0.352 e. The first-order valence-electron chi connectivity index (χ1n) is 12.9. The van der Waals surface area contributed by atoms with Crippen LogP contribution in [0.15, 0.2) is 23.8 Å². The van der Waals surface area contributed by atoms with Crippen LogP contribution in [0.25, 0.3) is 0 Å². The van der Waals surface area contributed by atoms with Crippen molar-refractivity contribution < 1.29 is 14.2 Å². The van der Waals surface area contributed by atoms with E-state index in [0.29, 0.717) is 41.1 Å². The number of fused-ring (bicyclic) bond motifs is 3. The van der Waals surface area contributed by atoms with Gasteiger partial charge in [0.1, 0.15) is 0 Å². The second-order valence-corrected chi connectivity index (χ2v) is 12.3. The van der Waals surface area contributed by atoms with E-state index < -0.39 is 5.79 Å². The summed E-state index contributed by atoms with van der Waals surface area (Å²) in [6.07, 6.45) is 11.2. The first-order valence-corrected chi connectivity index (χ1v) is 12.9. The lowest BCUT2D eigenvalue weighted by Crippen LogP contribution is -2.48. The van der Waals surface area contributed by atoms with Crippen molar-refractivity contribution in [3.05, 3.63) is 23.8 Å². The third-order valence-electron chi connectivity index (χ3n) is 10.6. The van der Waals surface area contributed by atoms with Gasteiger partial charge in [0.2, 0.25) is 0 Å². The number of ether oxygens (including phenoxy) is 3. The Kier molecular flexibility index (Phi) is 5.32. The van der Waals surface area contributed by atoms with Gasteiger partial charge in [-0.25, -0.2) is 0 Å². The normalized spacial score (nSPS) is 54.9. The average Bonchev–Trinajstić information content (AvgIpc) is 3.28. The molecule has 0 N–H and O–H groups in total. The van der Waals surface area contributed by atoms with E-state index in [1.54, 1.807) is 7.11 Å². The Labute approximate surface area is 190 Å². The third kappa shape index (κ3) is 3.09. The summed E-state index contributed by atoms with van der Waals surface area (Å²) < 4.78 is 18.9. The van der Waals surface area contributed by atoms with Gasteiger partial charge in [-0.2, -0.15) is 0 Å². The highest BCUT2D eigenvalue weighted by atomic mass is 16.8. The second-order valence-electron chi connectivity index (χ2n) is 12.3. The fourth-order valence-corrected chi connectivity index (χ4v) is 9.16. The Morgan fingerprint density at radius 1 is 1.19 bits per heavy atom. The Morgan fingerprint density at radius 3 is 2.61 bits per heavy atom. The van der Waals surface area contributed by atoms with Crippen LogP contribution in [0.5, 0.6) is 0 Å². The van der Waals surface area contributed by atoms with Gasteiger partial charge in [-0.3, -0.25) is 0 Å². The van der Waals surface area contributed by atoms with E-state index in [1.807, 2.05) is 0 Å². The van der Waals surface area contributed by atoms with E-state index >= 15 is 0 Å². The number of methoxy groups -OCH3 is 1. The minimum absolute atomic E-state index is 0.244. The molecule has 3 nitrogen and oxygen atoms in total. The first-order chi connectivity index (χ1) is 14.7. The molecule has 0 spiro atoms. The fraction of sp³-hybridized carbons (Fsp3) is 0.857. The number of rotatable bonds is 4. The Bertz CT molecular complexity index is 772. The maximum Gasteiger partial charge on any atom is 0.183 e. The molecule has 1 saturated heterocycles. The molecule has 1 aliphatic heterocycles. The van der Waals surface area contributed by atoms with Crippen LogP contribution in [0.1, 0.15) is 79.6 Å². The zero-order chi connectivity index (χ0) is 22.2. The molecule has 174 valence electrons. The molecule has 0 amide bonds. The van der Waals surface area contributed by atoms with Crippen molar-refractivity contribution in [1.82, 2.24) is 0 Å². The summed E-state index contributed by atoms with van der Waals surface area (Å²) in [6, 6.07) is 0. The van der Waals surface area contributed by atoms with Gasteiger partial charge in [-0.05, 0) is 98.4 Å². The summed E-state index contributed by atoms with van der Waals surface area (Å²) >= 11 is 0. The molecule has 1 heterocycles. The van der Waals surface area contributed by atoms with E-state index in [9.17, 15) is 0 Å². The van der Waals surface area contributed by atoms with Crippen LogP contribution in [0.2, 0.25) is 0 Å². The molecule has 4 aliphatic carbocycles. The molecular formula is C28H44O3. The smallest absolute Gasteiger partial charge is 0.183 e. The molecule has 31 heavy (non-hydrogen) atoms. The monoisotopic (exact) mass is 428 g/mol. The maximum atomic E-state index is 6.58. The fourth-order valence-electron chi connectivity index (χ4n) is 9.16. The van der Waals surface area contributed by atoms with Crippen molar-refractivity contribution in [3.63, 3.8) is 0 Å². The Balaban J connectivity index is 1.58. The summed E-state index contributed by atoms with van der Waals surface area (Å²) in [5, 5.41) is 0. The van der Waals surface area contributed by atoms with Crippen LogP contribution in [-0.4, -0.2) is 25.8 Å². The number of hydrogen-bond donors (Lipinski definition) is 0. The summed E-state index contributed by atoms with van der Waals surface area (Å²) in [4.78, 5) is 0. The SMILES string of the molecule is C=C(C)[C@H]1CC[C@@]2(C)CC[C@]3(C)C[C@H]4[C@@H](C)C[C@@]5(OCC)O[C@H](OC)/C(=C/C[C@H]3[C@@H]12)[C@@H]45. The van der Waals surface area contributed by atoms with Crippen molar-refractivity contribution in [2.45, 2.75) is 91.6 Å². The standard InChI is InChI=1S/C28H44O3/c1-8-30-28-15-18(4)21-16-27(6)14-13-26(5)12-11-19(17(2)3)24(26)22(27)10-9-20(23(21)28)25(29-7)31-28/h9,18-19,21-25H,2,8,10-16H2,1,3-7H3/b20-9+/t18-,19+,21-,22-,23-,24+,25-,26-,27+,28+/m0/s1. The van der Waals surface area contributed by atoms with Gasteiger partial charge in [-0.1, -0.05) is 39.0 Å². The second kappa shape index (κ2) is 7.43. The molecule has 0 aromatic heterocycles. The van der Waals surface area contributed by atoms with Crippen molar-refractivity contribution in [3.8, 4) is 0 Å². The summed E-state index contributed by atoms with van der Waals surface area (Å²) in [5.74, 6) is 3.25. The van der Waals surface area contributed by atoms with E-state index in [1.165, 1.54) is 43.3 Å². The molecule has 0 aromatic rings. The highest BCUT2D eigenvalue weighted by Crippen LogP contribution is 2.68. The van der Waals surface area contributed by atoms with E-state index in [2.05, 4.69) is 47.3 Å². The van der Waals surface area contributed by atoms with Crippen molar-refractivity contribution in [2.24, 2.45) is 46.3 Å². The summed E-state index contributed by atoms with van der Waals surface area (Å²) in [5.41, 5.74) is 3.66. The van der Waals surface area contributed by atoms with E-state index in [0.717, 1.165) is 24.7 Å². The highest BCUT2D eigenvalue weighted by molar-refractivity contribution is 5.27. The van der Waals surface area contributed by atoms with Gasteiger partial charge in [0.25, 0.3) is 0 Å². The predicted octanol–water partition coefficient (Wildman–Crippen LogP) is 6.74. The maximum absolute atomic E-state index is 6.58. The molecule has 5 rings (SSSR count). The first kappa shape index (κ1) is 22.2. The Morgan fingerprint density at radius 2 is 1.94 bits per heavy atom. The molecule has 3 saturated carbocycles. The predicted molar refractivity (Wildman–Crippen MR) is 124 cm³/mol. The average molecular weight is 429 g/mol. The van der Waals surface area contributed by atoms with Crippen LogP contribution >= 0.6 is 0 Å². The molecule has 0 aromatic carbocycles. The molecule has 0 bridgehead atoms. The van der Waals surface area contributed by atoms with Crippen molar-refractivity contribution >= 4 is 0 Å². The molecule has 10 atom stereocenters. The van der Waals surface area contributed by atoms with Crippen LogP contribution in [-0.2, 0) is 14.2 Å². The van der Waals surface area contributed by atoms with E-state index in [-0.39, 0.29) is 6.29 Å². The van der Waals surface area contributed by atoms with Crippen LogP contribution in [0.4, 0.5) is 0 Å². The minimum atomic E-state index is -0.481. The highest BCUT2D eigenvalue weighted by Gasteiger charge is 2.65. The van der Waals surface area contributed by atoms with Crippen LogP contribution < -0.4 is 0 Å². The quantitative estimate of drug-likeness (QED) is 0.464. The third-order valence-corrected chi connectivity index (χ3v) is 10.6. The van der Waals surface area contributed by atoms with Crippen LogP contribution in [0, 0.1) is 46.3 Å². The lowest BCUT2D eigenvalue weighted by Gasteiger charge is -2.56. The molecule has 3 heteroatoms. The van der Waals surface area contributed by atoms with Crippen LogP contribution in [0.3, 0.4) is 0 Å². The van der Waals surface area contributed by atoms with Gasteiger partial charge >= 0.3 is 0 Å². The molecule has 4 fully saturated rings. The lowest BCUT2D eigenvalue weighted by atomic mass is 9.49. The number of allylic oxidation sites excluding steroid dienone is 2. The van der Waals surface area contributed by atoms with Gasteiger partial charge in [0.05, 0.1) is 0 Å². The van der Waals surface area contributed by atoms with E-state index in [4.69, 9.17) is 14.2 Å². The van der Waals surface area contributed by atoms with Crippen molar-refractivity contribution in [1.29, 1.82) is 0 Å². The molecule has 0 radical (unpaired) electrons. The molecular weight excluding hydrogens is 384 g/mol. The summed E-state index contributed by atoms with van der Waals surface area (Å²) in [6.45, 7) is 17.2. The van der Waals surface area contributed by atoms with Gasteiger partial charge in [0.15, 0.2) is 12.1 Å². The Hall–Kier alpha value is -0.640. The van der Waals surface area contributed by atoms with Gasteiger partial charge in [0, 0.05) is 26.1 Å². The minimum Gasteiger partial charge on any atom is -0.352 e. The number of hydrogen-bond acceptors (Lipinski definition) is 3. The summed E-state index contributed by atoms with van der Waals surface area (Å²) in [7, 11) is 1.79. The van der Waals surface area contributed by atoms with Crippen molar-refractivity contribution in [2.75, 3.05) is 13.7 Å². The topological polar surface area (TPSA) is 27.7 Å².